The molecular weight excluding hydrogens is 193 g/mol. The zero-order chi connectivity index (χ0) is 10.7. The van der Waals surface area contributed by atoms with Gasteiger partial charge in [0.1, 0.15) is 5.82 Å². The van der Waals surface area contributed by atoms with Crippen molar-refractivity contribution in [3.8, 4) is 0 Å². The molecule has 2 nitrogen and oxygen atoms in total. The maximum atomic E-state index is 12.9. The Labute approximate surface area is 88.0 Å². The summed E-state index contributed by atoms with van der Waals surface area (Å²) < 4.78 is 12.9. The fourth-order valence-corrected chi connectivity index (χ4v) is 1.63. The van der Waals surface area contributed by atoms with Gasteiger partial charge in [-0.1, -0.05) is 18.2 Å². The summed E-state index contributed by atoms with van der Waals surface area (Å²) >= 11 is 0. The molecule has 0 aromatic heterocycles. The van der Waals surface area contributed by atoms with Gasteiger partial charge in [-0.05, 0) is 24.6 Å². The SMILES string of the molecule is O=C(c1cccc(F)c1)N1CC=CCC1. The number of amides is 1. The first-order valence-electron chi connectivity index (χ1n) is 4.97. The third kappa shape index (κ3) is 2.24. The van der Waals surface area contributed by atoms with E-state index in [9.17, 15) is 9.18 Å². The summed E-state index contributed by atoms with van der Waals surface area (Å²) in [5, 5.41) is 0. The molecule has 1 aliphatic rings. The number of rotatable bonds is 1. The Morgan fingerprint density at radius 3 is 2.87 bits per heavy atom. The molecule has 0 unspecified atom stereocenters. The van der Waals surface area contributed by atoms with Crippen molar-refractivity contribution in [1.29, 1.82) is 0 Å². The summed E-state index contributed by atoms with van der Waals surface area (Å²) in [7, 11) is 0. The molecule has 0 bridgehead atoms. The fraction of sp³-hybridized carbons (Fsp3) is 0.250. The second-order valence-electron chi connectivity index (χ2n) is 3.52. The number of halogens is 1. The average Bonchev–Trinajstić information content (AvgIpc) is 2.29. The second kappa shape index (κ2) is 4.26. The molecule has 0 atom stereocenters. The topological polar surface area (TPSA) is 20.3 Å². The Hall–Kier alpha value is -1.64. The number of benzene rings is 1. The standard InChI is InChI=1S/C12H12FNO/c13-11-6-4-5-10(9-11)12(15)14-7-2-1-3-8-14/h1-2,4-6,9H,3,7-8H2. The van der Waals surface area contributed by atoms with Crippen LogP contribution >= 0.6 is 0 Å². The quantitative estimate of drug-likeness (QED) is 0.644. The Morgan fingerprint density at radius 1 is 1.33 bits per heavy atom. The van der Waals surface area contributed by atoms with E-state index in [-0.39, 0.29) is 11.7 Å². The summed E-state index contributed by atoms with van der Waals surface area (Å²) in [5.41, 5.74) is 0.422. The molecule has 1 aliphatic heterocycles. The monoisotopic (exact) mass is 205 g/mol. The van der Waals surface area contributed by atoms with E-state index in [1.165, 1.54) is 12.1 Å². The van der Waals surface area contributed by atoms with E-state index in [1.807, 2.05) is 6.08 Å². The predicted molar refractivity (Wildman–Crippen MR) is 56.1 cm³/mol. The molecule has 78 valence electrons. The molecule has 15 heavy (non-hydrogen) atoms. The fourth-order valence-electron chi connectivity index (χ4n) is 1.63. The molecule has 2 rings (SSSR count). The Bertz CT molecular complexity index is 400. The zero-order valence-corrected chi connectivity index (χ0v) is 8.32. The lowest BCUT2D eigenvalue weighted by Crippen LogP contribution is -2.33. The number of hydrogen-bond donors (Lipinski definition) is 0. The lowest BCUT2D eigenvalue weighted by Gasteiger charge is -2.23. The summed E-state index contributed by atoms with van der Waals surface area (Å²) in [6.45, 7) is 1.33. The van der Waals surface area contributed by atoms with Crippen molar-refractivity contribution in [3.05, 3.63) is 47.8 Å². The molecule has 1 aromatic rings. The van der Waals surface area contributed by atoms with Gasteiger partial charge in [0, 0.05) is 18.7 Å². The molecule has 1 aromatic carbocycles. The Morgan fingerprint density at radius 2 is 2.20 bits per heavy atom. The van der Waals surface area contributed by atoms with E-state index < -0.39 is 0 Å². The highest BCUT2D eigenvalue weighted by Crippen LogP contribution is 2.10. The molecule has 0 N–H and O–H groups in total. The van der Waals surface area contributed by atoms with Crippen LogP contribution in [0, 0.1) is 5.82 Å². The van der Waals surface area contributed by atoms with Gasteiger partial charge in [-0.3, -0.25) is 4.79 Å². The van der Waals surface area contributed by atoms with Crippen LogP contribution in [0.3, 0.4) is 0 Å². The zero-order valence-electron chi connectivity index (χ0n) is 8.32. The third-order valence-corrected chi connectivity index (χ3v) is 2.42. The van der Waals surface area contributed by atoms with Gasteiger partial charge >= 0.3 is 0 Å². The van der Waals surface area contributed by atoms with Crippen LogP contribution in [0.5, 0.6) is 0 Å². The van der Waals surface area contributed by atoms with Gasteiger partial charge in [0.15, 0.2) is 0 Å². The highest BCUT2D eigenvalue weighted by molar-refractivity contribution is 5.94. The first-order valence-corrected chi connectivity index (χ1v) is 4.97. The number of carbonyl (C=O) groups is 1. The summed E-state index contributed by atoms with van der Waals surface area (Å²) in [5.74, 6) is -0.466. The van der Waals surface area contributed by atoms with Crippen molar-refractivity contribution in [2.45, 2.75) is 6.42 Å². The molecule has 0 spiro atoms. The van der Waals surface area contributed by atoms with Crippen molar-refractivity contribution < 1.29 is 9.18 Å². The second-order valence-corrected chi connectivity index (χ2v) is 3.52. The van der Waals surface area contributed by atoms with Gasteiger partial charge in [0.25, 0.3) is 5.91 Å². The van der Waals surface area contributed by atoms with Crippen LogP contribution in [-0.4, -0.2) is 23.9 Å². The molecule has 0 saturated carbocycles. The van der Waals surface area contributed by atoms with E-state index in [2.05, 4.69) is 6.08 Å². The Kier molecular flexibility index (Phi) is 2.81. The van der Waals surface area contributed by atoms with E-state index in [4.69, 9.17) is 0 Å². The molecule has 3 heteroatoms. The van der Waals surface area contributed by atoms with Gasteiger partial charge < -0.3 is 4.90 Å². The van der Waals surface area contributed by atoms with Crippen LogP contribution in [0.4, 0.5) is 4.39 Å². The molecular formula is C12H12FNO. The smallest absolute Gasteiger partial charge is 0.254 e. The molecule has 0 saturated heterocycles. The van der Waals surface area contributed by atoms with Gasteiger partial charge in [-0.15, -0.1) is 0 Å². The average molecular weight is 205 g/mol. The van der Waals surface area contributed by atoms with Crippen molar-refractivity contribution in [2.24, 2.45) is 0 Å². The highest BCUT2D eigenvalue weighted by Gasteiger charge is 2.15. The van der Waals surface area contributed by atoms with Crippen LogP contribution in [-0.2, 0) is 0 Å². The summed E-state index contributed by atoms with van der Waals surface area (Å²) in [6.07, 6.45) is 4.89. The maximum Gasteiger partial charge on any atom is 0.254 e. The highest BCUT2D eigenvalue weighted by atomic mass is 19.1. The van der Waals surface area contributed by atoms with Gasteiger partial charge in [0.05, 0.1) is 0 Å². The van der Waals surface area contributed by atoms with E-state index in [0.717, 1.165) is 6.42 Å². The van der Waals surface area contributed by atoms with Crippen molar-refractivity contribution in [2.75, 3.05) is 13.1 Å². The number of carbonyl (C=O) groups excluding carboxylic acids is 1. The largest absolute Gasteiger partial charge is 0.335 e. The minimum atomic E-state index is -0.367. The van der Waals surface area contributed by atoms with Gasteiger partial charge in [-0.2, -0.15) is 0 Å². The molecule has 0 radical (unpaired) electrons. The molecule has 0 fully saturated rings. The summed E-state index contributed by atoms with van der Waals surface area (Å²) in [6, 6.07) is 5.82. The van der Waals surface area contributed by atoms with Crippen LogP contribution in [0.1, 0.15) is 16.8 Å². The van der Waals surface area contributed by atoms with E-state index in [0.29, 0.717) is 18.7 Å². The number of hydrogen-bond acceptors (Lipinski definition) is 1. The predicted octanol–water partition coefficient (Wildman–Crippen LogP) is 2.23. The van der Waals surface area contributed by atoms with Crippen LogP contribution in [0.15, 0.2) is 36.4 Å². The van der Waals surface area contributed by atoms with Crippen LogP contribution in [0.25, 0.3) is 0 Å². The molecule has 1 amide bonds. The molecule has 0 aliphatic carbocycles. The third-order valence-electron chi connectivity index (χ3n) is 2.42. The van der Waals surface area contributed by atoms with E-state index in [1.54, 1.807) is 17.0 Å². The lowest BCUT2D eigenvalue weighted by atomic mass is 10.1. The maximum absolute atomic E-state index is 12.9. The van der Waals surface area contributed by atoms with Crippen molar-refractivity contribution >= 4 is 5.91 Å². The Balaban J connectivity index is 2.16. The first kappa shape index (κ1) is 9.90. The minimum absolute atomic E-state index is 0.0983. The minimum Gasteiger partial charge on any atom is -0.335 e. The van der Waals surface area contributed by atoms with Gasteiger partial charge in [0.2, 0.25) is 0 Å². The number of nitrogens with zero attached hydrogens (tertiary/aromatic N) is 1. The van der Waals surface area contributed by atoms with Gasteiger partial charge in [-0.25, -0.2) is 4.39 Å². The van der Waals surface area contributed by atoms with E-state index >= 15 is 0 Å². The normalized spacial score (nSPS) is 15.4. The summed E-state index contributed by atoms with van der Waals surface area (Å²) in [4.78, 5) is 13.6. The van der Waals surface area contributed by atoms with Crippen molar-refractivity contribution in [1.82, 2.24) is 4.90 Å². The molecule has 1 heterocycles. The van der Waals surface area contributed by atoms with Crippen LogP contribution in [0.2, 0.25) is 0 Å². The van der Waals surface area contributed by atoms with Crippen LogP contribution < -0.4 is 0 Å². The van der Waals surface area contributed by atoms with Crippen molar-refractivity contribution in [3.63, 3.8) is 0 Å². The first-order chi connectivity index (χ1) is 7.27. The lowest BCUT2D eigenvalue weighted by molar-refractivity contribution is 0.0770.